The predicted molar refractivity (Wildman–Crippen MR) is 184 cm³/mol. The summed E-state index contributed by atoms with van der Waals surface area (Å²) >= 11 is 0. The topological polar surface area (TPSA) is 131 Å². The van der Waals surface area contributed by atoms with Gasteiger partial charge in [-0.25, -0.2) is 15.0 Å². The number of pyridine rings is 1. The molecule has 6 rings (SSSR count). The maximum atomic E-state index is 13.1. The molecule has 1 unspecified atom stereocenters. The Morgan fingerprint density at radius 3 is 2.64 bits per heavy atom. The van der Waals surface area contributed by atoms with Crippen LogP contribution in [-0.2, 0) is 10.2 Å². The molecule has 2 fully saturated rings. The van der Waals surface area contributed by atoms with Gasteiger partial charge in [0.2, 0.25) is 0 Å². The summed E-state index contributed by atoms with van der Waals surface area (Å²) < 4.78 is 6.15. The molecule has 0 bridgehead atoms. The number of hydrogen-bond donors (Lipinski definition) is 3. The summed E-state index contributed by atoms with van der Waals surface area (Å²) in [5.74, 6) is 2.24. The van der Waals surface area contributed by atoms with Crippen molar-refractivity contribution in [2.75, 3.05) is 80.5 Å². The van der Waals surface area contributed by atoms with Crippen LogP contribution >= 0.6 is 0 Å². The third kappa shape index (κ3) is 7.70. The van der Waals surface area contributed by atoms with Crippen molar-refractivity contribution in [3.63, 3.8) is 0 Å². The van der Waals surface area contributed by atoms with E-state index in [1.54, 1.807) is 12.5 Å². The summed E-state index contributed by atoms with van der Waals surface area (Å²) in [5.41, 5.74) is 8.41. The first-order chi connectivity index (χ1) is 22.5. The number of anilines is 5. The lowest BCUT2D eigenvalue weighted by atomic mass is 9.87. The Morgan fingerprint density at radius 1 is 1.04 bits per heavy atom. The number of piperazine rings is 1. The third-order valence-electron chi connectivity index (χ3n) is 8.79. The van der Waals surface area contributed by atoms with Crippen LogP contribution in [0.4, 0.5) is 28.8 Å². The minimum atomic E-state index is -0.209. The first kappa shape index (κ1) is 32.4. The lowest BCUT2D eigenvalue weighted by Gasteiger charge is -2.34. The Balaban J connectivity index is 1.12. The number of hydrogen-bond acceptors (Lipinski definition) is 11. The van der Waals surface area contributed by atoms with Crippen LogP contribution in [0.1, 0.15) is 54.1 Å². The minimum Gasteiger partial charge on any atom is -0.368 e. The standard InChI is InChI=1S/C34H45N11O2/c1-23-7-8-26(38-33(46)24-15-25(20-35-19-24)34(2,3)4)16-28(23)43(6)31-18-32(40-39-31)44-13-14-47-29(21-44)27-17-30(37-22-36-27)41-45-11-9-42(5)10-12-45/h7-8,15-20,22,29H,9-14,21H2,1-6H3,(H,38,46)(H,39,40)(H,36,37,41). The molecule has 3 N–H and O–H groups in total. The monoisotopic (exact) mass is 639 g/mol. The summed E-state index contributed by atoms with van der Waals surface area (Å²) in [5, 5.41) is 13.1. The fraction of sp³-hybridized carbons (Fsp3) is 0.441. The van der Waals surface area contributed by atoms with E-state index in [4.69, 9.17) is 4.74 Å². The molecule has 1 aromatic carbocycles. The number of carbonyl (C=O) groups excluding carboxylic acids is 1. The second kappa shape index (κ2) is 13.6. The number of benzene rings is 1. The molecule has 0 radical (unpaired) electrons. The van der Waals surface area contributed by atoms with Crippen molar-refractivity contribution >= 4 is 34.7 Å². The number of rotatable bonds is 8. The van der Waals surface area contributed by atoms with Crippen LogP contribution in [0.3, 0.4) is 0 Å². The van der Waals surface area contributed by atoms with Gasteiger partial charge in [0, 0.05) is 75.7 Å². The van der Waals surface area contributed by atoms with E-state index in [9.17, 15) is 4.79 Å². The largest absolute Gasteiger partial charge is 0.368 e. The van der Waals surface area contributed by atoms with E-state index in [-0.39, 0.29) is 17.4 Å². The van der Waals surface area contributed by atoms with E-state index < -0.39 is 0 Å². The Hall–Kier alpha value is -4.59. The quantitative estimate of drug-likeness (QED) is 0.254. The number of nitrogens with one attached hydrogen (secondary N) is 3. The number of amides is 1. The van der Waals surface area contributed by atoms with Gasteiger partial charge in [0.05, 0.1) is 24.4 Å². The molecule has 3 aromatic heterocycles. The van der Waals surface area contributed by atoms with Crippen molar-refractivity contribution in [1.82, 2.24) is 35.1 Å². The fourth-order valence-electron chi connectivity index (χ4n) is 5.72. The molecule has 5 heterocycles. The molecule has 0 saturated carbocycles. The second-order valence-corrected chi connectivity index (χ2v) is 13.4. The second-order valence-electron chi connectivity index (χ2n) is 13.4. The van der Waals surface area contributed by atoms with E-state index in [1.165, 1.54) is 0 Å². The fourth-order valence-corrected chi connectivity index (χ4v) is 5.72. The van der Waals surface area contributed by atoms with Crippen molar-refractivity contribution in [2.45, 2.75) is 39.2 Å². The van der Waals surface area contributed by atoms with Gasteiger partial charge < -0.3 is 30.2 Å². The zero-order valence-electron chi connectivity index (χ0n) is 28.1. The van der Waals surface area contributed by atoms with Crippen LogP contribution in [0, 0.1) is 6.92 Å². The molecule has 4 aromatic rings. The predicted octanol–water partition coefficient (Wildman–Crippen LogP) is 4.37. The summed E-state index contributed by atoms with van der Waals surface area (Å²) in [6.45, 7) is 14.1. The van der Waals surface area contributed by atoms with Gasteiger partial charge in [-0.15, -0.1) is 0 Å². The first-order valence-corrected chi connectivity index (χ1v) is 16.1. The van der Waals surface area contributed by atoms with Crippen molar-refractivity contribution in [2.24, 2.45) is 0 Å². The average Bonchev–Trinajstić information content (AvgIpc) is 3.57. The number of aryl methyl sites for hydroxylation is 1. The van der Waals surface area contributed by atoms with Crippen LogP contribution in [0.2, 0.25) is 0 Å². The zero-order valence-corrected chi connectivity index (χ0v) is 28.1. The maximum absolute atomic E-state index is 13.1. The van der Waals surface area contributed by atoms with Crippen molar-refractivity contribution in [3.05, 3.63) is 77.5 Å². The SMILES string of the molecule is Cc1ccc(NC(=O)c2cncc(C(C)(C)C)c2)cc1N(C)c1cc(N2CCOC(c3cc(NN4CCN(C)CC4)ncn3)C2)n[nH]1. The van der Waals surface area contributed by atoms with Crippen LogP contribution in [0.5, 0.6) is 0 Å². The van der Waals surface area contributed by atoms with E-state index in [0.717, 1.165) is 66.1 Å². The van der Waals surface area contributed by atoms with Crippen LogP contribution in [-0.4, -0.2) is 101 Å². The number of aromatic nitrogens is 5. The summed E-state index contributed by atoms with van der Waals surface area (Å²) in [7, 11) is 4.12. The Labute approximate surface area is 276 Å². The maximum Gasteiger partial charge on any atom is 0.257 e. The highest BCUT2D eigenvalue weighted by Gasteiger charge is 2.26. The number of aromatic amines is 1. The lowest BCUT2D eigenvalue weighted by molar-refractivity contribution is 0.0367. The van der Waals surface area contributed by atoms with Gasteiger partial charge in [0.25, 0.3) is 5.91 Å². The molecule has 0 aliphatic carbocycles. The normalized spacial score (nSPS) is 17.8. The van der Waals surface area contributed by atoms with Crippen LogP contribution in [0.15, 0.2) is 55.1 Å². The van der Waals surface area contributed by atoms with Gasteiger partial charge >= 0.3 is 0 Å². The average molecular weight is 640 g/mol. The summed E-state index contributed by atoms with van der Waals surface area (Å²) in [4.78, 5) is 33.0. The number of ether oxygens (including phenoxy) is 1. The number of hydrazine groups is 1. The van der Waals surface area contributed by atoms with Crippen molar-refractivity contribution in [3.8, 4) is 0 Å². The van der Waals surface area contributed by atoms with Crippen molar-refractivity contribution in [1.29, 1.82) is 0 Å². The molecule has 248 valence electrons. The molecule has 2 aliphatic rings. The molecular formula is C34H45N11O2. The zero-order chi connectivity index (χ0) is 33.1. The van der Waals surface area contributed by atoms with Gasteiger partial charge in [-0.3, -0.25) is 14.9 Å². The van der Waals surface area contributed by atoms with Crippen LogP contribution < -0.4 is 20.5 Å². The Kier molecular flexibility index (Phi) is 9.39. The number of morpholine rings is 1. The van der Waals surface area contributed by atoms with E-state index in [2.05, 4.69) is 78.5 Å². The molecule has 2 aliphatic heterocycles. The molecule has 47 heavy (non-hydrogen) atoms. The van der Waals surface area contributed by atoms with E-state index in [0.29, 0.717) is 30.9 Å². The molecule has 1 atom stereocenters. The molecule has 13 heteroatoms. The molecule has 0 spiro atoms. The first-order valence-electron chi connectivity index (χ1n) is 16.1. The molecule has 13 nitrogen and oxygen atoms in total. The van der Waals surface area contributed by atoms with Gasteiger partial charge in [-0.2, -0.15) is 5.10 Å². The van der Waals surface area contributed by atoms with Crippen molar-refractivity contribution < 1.29 is 9.53 Å². The van der Waals surface area contributed by atoms with E-state index >= 15 is 0 Å². The number of carbonyl (C=O) groups is 1. The molecular weight excluding hydrogens is 594 g/mol. The minimum absolute atomic E-state index is 0.102. The smallest absolute Gasteiger partial charge is 0.257 e. The van der Waals surface area contributed by atoms with E-state index in [1.807, 2.05) is 61.5 Å². The number of nitrogens with zero attached hydrogens (tertiary/aromatic N) is 8. The van der Waals surface area contributed by atoms with Gasteiger partial charge in [-0.05, 0) is 48.7 Å². The number of H-pyrrole nitrogens is 1. The Morgan fingerprint density at radius 2 is 1.85 bits per heavy atom. The lowest BCUT2D eigenvalue weighted by Crippen LogP contribution is -2.47. The number of likely N-dealkylation sites (N-methyl/N-ethyl adjacent to an activating group) is 1. The Bertz CT molecular complexity index is 1690. The van der Waals surface area contributed by atoms with Gasteiger partial charge in [0.1, 0.15) is 24.1 Å². The van der Waals surface area contributed by atoms with Crippen LogP contribution in [0.25, 0.3) is 0 Å². The molecule has 2 saturated heterocycles. The summed E-state index contributed by atoms with van der Waals surface area (Å²) in [6, 6.07) is 11.8. The van der Waals surface area contributed by atoms with Gasteiger partial charge in [-0.1, -0.05) is 26.8 Å². The highest BCUT2D eigenvalue weighted by Crippen LogP contribution is 2.32. The molecule has 1 amide bonds. The third-order valence-corrected chi connectivity index (χ3v) is 8.79. The van der Waals surface area contributed by atoms with Gasteiger partial charge in [0.15, 0.2) is 5.82 Å². The highest BCUT2D eigenvalue weighted by molar-refractivity contribution is 6.04. The highest BCUT2D eigenvalue weighted by atomic mass is 16.5. The summed E-state index contributed by atoms with van der Waals surface area (Å²) in [6.07, 6.45) is 4.80.